The molecule has 0 aromatic heterocycles. The second-order valence-corrected chi connectivity index (χ2v) is 14.1. The number of fused-ring (bicyclic) bond motifs is 10. The number of nitrogens with one attached hydrogen (secondary N) is 1. The molecule has 3 aliphatic carbocycles. The summed E-state index contributed by atoms with van der Waals surface area (Å²) in [5.74, 6) is 0.242. The van der Waals surface area contributed by atoms with E-state index in [1.807, 2.05) is 18.2 Å². The topological polar surface area (TPSA) is 36.2 Å². The molecule has 2 nitrogen and oxygen atoms in total. The number of hydrogen-bond acceptors (Lipinski definition) is 1. The average molecular weight is 677 g/mol. The van der Waals surface area contributed by atoms with Crippen LogP contribution in [0, 0.1) is 5.41 Å². The Morgan fingerprint density at radius 2 is 0.981 bits per heavy atom. The minimum absolute atomic E-state index is 0.242. The van der Waals surface area contributed by atoms with Gasteiger partial charge in [0.25, 0.3) is 0 Å². The standard InChI is InChI=1S/C51H36N2/c52-50(39-29-25-37(26-30-39)35-15-5-2-6-16-35)53-49(38-27-23-36(24-28-38)34-13-3-1-4-14-34)40-31-32-44-43-19-9-12-22-47(43)51(48(44)33-40)45-20-10-7-17-41(45)42-18-8-11-21-46(42)51/h1-5,7-15,17-33,52H,6,16H2/b52-50?,53-49-. The van der Waals surface area contributed by atoms with Gasteiger partial charge in [-0.25, -0.2) is 4.99 Å². The van der Waals surface area contributed by atoms with E-state index in [2.05, 4.69) is 170 Å². The van der Waals surface area contributed by atoms with Gasteiger partial charge in [0.05, 0.1) is 11.1 Å². The van der Waals surface area contributed by atoms with Crippen molar-refractivity contribution >= 4 is 17.1 Å². The van der Waals surface area contributed by atoms with Crippen molar-refractivity contribution in [3.8, 4) is 33.4 Å². The van der Waals surface area contributed by atoms with E-state index in [1.54, 1.807) is 0 Å². The Morgan fingerprint density at radius 3 is 1.58 bits per heavy atom. The van der Waals surface area contributed by atoms with Crippen molar-refractivity contribution in [2.24, 2.45) is 4.99 Å². The van der Waals surface area contributed by atoms with E-state index in [0.29, 0.717) is 0 Å². The van der Waals surface area contributed by atoms with Crippen LogP contribution in [0.1, 0.15) is 57.3 Å². The number of rotatable bonds is 5. The number of nitrogens with zero attached hydrogens (tertiary/aromatic N) is 1. The number of aliphatic imine (C=N–C) groups is 1. The Balaban J connectivity index is 1.15. The zero-order chi connectivity index (χ0) is 35.4. The van der Waals surface area contributed by atoms with Crippen molar-refractivity contribution in [1.29, 1.82) is 5.41 Å². The van der Waals surface area contributed by atoms with Gasteiger partial charge in [-0.2, -0.15) is 0 Å². The Kier molecular flexibility index (Phi) is 7.37. The third-order valence-corrected chi connectivity index (χ3v) is 11.3. The van der Waals surface area contributed by atoms with Gasteiger partial charge in [0.1, 0.15) is 0 Å². The van der Waals surface area contributed by atoms with Crippen LogP contribution in [0.5, 0.6) is 0 Å². The summed E-state index contributed by atoms with van der Waals surface area (Å²) in [5, 5.41) is 9.35. The summed E-state index contributed by atoms with van der Waals surface area (Å²) in [7, 11) is 0. The van der Waals surface area contributed by atoms with Crippen molar-refractivity contribution in [3.05, 3.63) is 233 Å². The lowest BCUT2D eigenvalue weighted by molar-refractivity contribution is 0.793. The second kappa shape index (κ2) is 12.5. The lowest BCUT2D eigenvalue weighted by Crippen LogP contribution is -2.26. The maximum atomic E-state index is 9.35. The van der Waals surface area contributed by atoms with E-state index in [4.69, 9.17) is 4.99 Å². The Morgan fingerprint density at radius 1 is 0.472 bits per heavy atom. The van der Waals surface area contributed by atoms with Crippen molar-refractivity contribution < 1.29 is 0 Å². The van der Waals surface area contributed by atoms with Gasteiger partial charge in [-0.1, -0.05) is 182 Å². The fraction of sp³-hybridized carbons (Fsp3) is 0.0588. The smallest absolute Gasteiger partial charge is 0.152 e. The molecule has 0 amide bonds. The molecule has 0 atom stereocenters. The predicted molar refractivity (Wildman–Crippen MR) is 220 cm³/mol. The normalized spacial score (nSPS) is 14.6. The number of allylic oxidation sites excluding steroid dienone is 4. The summed E-state index contributed by atoms with van der Waals surface area (Å²) in [6.07, 6.45) is 8.63. The fourth-order valence-electron chi connectivity index (χ4n) is 8.85. The molecule has 0 heterocycles. The van der Waals surface area contributed by atoms with Crippen LogP contribution in [0.25, 0.3) is 39.0 Å². The number of amidine groups is 1. The lowest BCUT2D eigenvalue weighted by Gasteiger charge is -2.30. The summed E-state index contributed by atoms with van der Waals surface area (Å²) < 4.78 is 0. The van der Waals surface area contributed by atoms with Crippen LogP contribution in [0.15, 0.2) is 193 Å². The van der Waals surface area contributed by atoms with Crippen LogP contribution in [-0.2, 0) is 5.41 Å². The monoisotopic (exact) mass is 676 g/mol. The lowest BCUT2D eigenvalue weighted by atomic mass is 9.70. The van der Waals surface area contributed by atoms with E-state index in [0.717, 1.165) is 40.8 Å². The quantitative estimate of drug-likeness (QED) is 0.139. The van der Waals surface area contributed by atoms with Gasteiger partial charge in [0.2, 0.25) is 0 Å². The van der Waals surface area contributed by atoms with E-state index in [1.165, 1.54) is 61.2 Å². The first-order valence-corrected chi connectivity index (χ1v) is 18.4. The molecule has 53 heavy (non-hydrogen) atoms. The van der Waals surface area contributed by atoms with Crippen LogP contribution >= 0.6 is 0 Å². The van der Waals surface area contributed by atoms with Crippen LogP contribution < -0.4 is 0 Å². The van der Waals surface area contributed by atoms with Gasteiger partial charge >= 0.3 is 0 Å². The Hall–Kier alpha value is -6.64. The summed E-state index contributed by atoms with van der Waals surface area (Å²) in [4.78, 5) is 5.18. The highest BCUT2D eigenvalue weighted by Crippen LogP contribution is 2.62. The predicted octanol–water partition coefficient (Wildman–Crippen LogP) is 12.3. The Bertz CT molecular complexity index is 2590. The molecule has 0 aliphatic heterocycles. The second-order valence-electron chi connectivity index (χ2n) is 14.1. The van der Waals surface area contributed by atoms with Crippen molar-refractivity contribution in [3.63, 3.8) is 0 Å². The first-order chi connectivity index (χ1) is 26.2. The highest BCUT2D eigenvalue weighted by atomic mass is 14.8. The average Bonchev–Trinajstić information content (AvgIpc) is 3.71. The molecule has 0 radical (unpaired) electrons. The minimum atomic E-state index is -0.455. The maximum absolute atomic E-state index is 9.35. The van der Waals surface area contributed by atoms with Gasteiger partial charge in [0.15, 0.2) is 5.84 Å². The molecule has 7 aromatic carbocycles. The van der Waals surface area contributed by atoms with Crippen molar-refractivity contribution in [1.82, 2.24) is 0 Å². The largest absolute Gasteiger partial charge is 0.282 e. The van der Waals surface area contributed by atoms with Gasteiger partial charge in [-0.15, -0.1) is 0 Å². The first-order valence-electron chi connectivity index (χ1n) is 18.4. The zero-order valence-corrected chi connectivity index (χ0v) is 29.3. The maximum Gasteiger partial charge on any atom is 0.152 e. The van der Waals surface area contributed by atoms with Crippen LogP contribution in [0.2, 0.25) is 0 Å². The third kappa shape index (κ3) is 4.94. The molecular weight excluding hydrogens is 641 g/mol. The zero-order valence-electron chi connectivity index (χ0n) is 29.3. The van der Waals surface area contributed by atoms with Gasteiger partial charge in [-0.05, 0) is 85.7 Å². The molecule has 0 saturated carbocycles. The molecule has 3 aliphatic rings. The van der Waals surface area contributed by atoms with Crippen LogP contribution in [0.4, 0.5) is 0 Å². The fourth-order valence-corrected chi connectivity index (χ4v) is 8.85. The summed E-state index contributed by atoms with van der Waals surface area (Å²) in [6, 6.07) is 61.0. The van der Waals surface area contributed by atoms with Gasteiger partial charge in [0, 0.05) is 16.7 Å². The Labute approximate surface area is 310 Å². The van der Waals surface area contributed by atoms with E-state index < -0.39 is 5.41 Å². The molecule has 0 unspecified atom stereocenters. The summed E-state index contributed by atoms with van der Waals surface area (Å²) in [5.41, 5.74) is 18.2. The molecule has 0 saturated heterocycles. The SMILES string of the molecule is N=C(/N=C(/c1ccc(-c2ccccc2)cc1)c1ccc2c(c1)C1(c3ccccc3-c3ccccc31)c1ccccc1-2)c1ccc(C2=CC=CCC2)cc1. The van der Waals surface area contributed by atoms with Crippen LogP contribution in [0.3, 0.4) is 0 Å². The highest BCUT2D eigenvalue weighted by molar-refractivity contribution is 6.19. The third-order valence-electron chi connectivity index (χ3n) is 11.3. The minimum Gasteiger partial charge on any atom is -0.282 e. The molecule has 1 spiro atoms. The molecule has 0 fully saturated rings. The highest BCUT2D eigenvalue weighted by Gasteiger charge is 2.51. The van der Waals surface area contributed by atoms with E-state index in [9.17, 15) is 5.41 Å². The molecule has 2 heteroatoms. The van der Waals surface area contributed by atoms with Crippen LogP contribution in [-0.4, -0.2) is 11.5 Å². The molecule has 7 aromatic rings. The summed E-state index contributed by atoms with van der Waals surface area (Å²) in [6.45, 7) is 0. The number of hydrogen-bond donors (Lipinski definition) is 1. The molecule has 250 valence electrons. The molecule has 10 rings (SSSR count). The van der Waals surface area contributed by atoms with Crippen molar-refractivity contribution in [2.75, 3.05) is 0 Å². The van der Waals surface area contributed by atoms with E-state index in [-0.39, 0.29) is 5.84 Å². The summed E-state index contributed by atoms with van der Waals surface area (Å²) >= 11 is 0. The van der Waals surface area contributed by atoms with Gasteiger partial charge in [-0.3, -0.25) is 5.41 Å². The van der Waals surface area contributed by atoms with Gasteiger partial charge < -0.3 is 0 Å². The number of benzene rings is 7. The first kappa shape index (κ1) is 31.1. The molecule has 1 N–H and O–H groups in total. The molecular formula is C51H36N2. The van der Waals surface area contributed by atoms with E-state index >= 15 is 0 Å². The van der Waals surface area contributed by atoms with Crippen molar-refractivity contribution in [2.45, 2.75) is 18.3 Å². The molecule has 0 bridgehead atoms.